The van der Waals surface area contributed by atoms with E-state index in [1.165, 1.54) is 6.33 Å². The Bertz CT molecular complexity index is 545. The lowest BCUT2D eigenvalue weighted by Crippen LogP contribution is -1.91. The number of aromatic nitrogens is 3. The van der Waals surface area contributed by atoms with Crippen LogP contribution < -0.4 is 0 Å². The number of rotatable bonds is 2. The summed E-state index contributed by atoms with van der Waals surface area (Å²) in [4.78, 5) is 22.1. The van der Waals surface area contributed by atoms with Crippen molar-refractivity contribution in [3.8, 4) is 0 Å². The van der Waals surface area contributed by atoms with Crippen molar-refractivity contribution in [1.82, 2.24) is 15.0 Å². The van der Waals surface area contributed by atoms with Crippen LogP contribution in [0.25, 0.3) is 11.0 Å². The third-order valence-corrected chi connectivity index (χ3v) is 2.99. The third kappa shape index (κ3) is 1.25. The Morgan fingerprint density at radius 2 is 2.27 bits per heavy atom. The van der Waals surface area contributed by atoms with Crippen LogP contribution in [0.4, 0.5) is 0 Å². The molecule has 3 rings (SSSR count). The molecular formula is C10H8ClN3O. The number of nitrogens with zero attached hydrogens (tertiary/aromatic N) is 2. The molecule has 1 aliphatic carbocycles. The van der Waals surface area contributed by atoms with Crippen LogP contribution in [0.15, 0.2) is 6.33 Å². The van der Waals surface area contributed by atoms with E-state index in [0.29, 0.717) is 22.3 Å². The van der Waals surface area contributed by atoms with Gasteiger partial charge < -0.3 is 4.98 Å². The van der Waals surface area contributed by atoms with E-state index in [9.17, 15) is 4.79 Å². The van der Waals surface area contributed by atoms with Gasteiger partial charge in [-0.1, -0.05) is 11.6 Å². The van der Waals surface area contributed by atoms with Crippen molar-refractivity contribution >= 4 is 28.9 Å². The first-order valence-corrected chi connectivity index (χ1v) is 5.16. The number of hydrogen-bond donors (Lipinski definition) is 1. The van der Waals surface area contributed by atoms with Crippen LogP contribution in [0, 0.1) is 0 Å². The molecule has 0 aliphatic heterocycles. The Morgan fingerprint density at radius 3 is 2.93 bits per heavy atom. The SMILES string of the molecule is O=Cc1c(Cl)[nH]c2ncnc(C3CC3)c12. The van der Waals surface area contributed by atoms with Gasteiger partial charge in [0, 0.05) is 5.92 Å². The van der Waals surface area contributed by atoms with Crippen LogP contribution in [-0.4, -0.2) is 21.2 Å². The molecule has 76 valence electrons. The van der Waals surface area contributed by atoms with E-state index >= 15 is 0 Å². The maximum Gasteiger partial charge on any atom is 0.153 e. The second kappa shape index (κ2) is 3.03. The molecule has 0 bridgehead atoms. The van der Waals surface area contributed by atoms with Gasteiger partial charge in [-0.2, -0.15) is 0 Å². The second-order valence-corrected chi connectivity index (χ2v) is 4.11. The Hall–Kier alpha value is -1.42. The molecule has 2 aromatic rings. The summed E-state index contributed by atoms with van der Waals surface area (Å²) in [5.41, 5.74) is 2.08. The van der Waals surface area contributed by atoms with Crippen molar-refractivity contribution in [3.63, 3.8) is 0 Å². The third-order valence-electron chi connectivity index (χ3n) is 2.69. The molecule has 0 spiro atoms. The van der Waals surface area contributed by atoms with E-state index in [-0.39, 0.29) is 0 Å². The quantitative estimate of drug-likeness (QED) is 0.792. The minimum atomic E-state index is 0.349. The summed E-state index contributed by atoms with van der Waals surface area (Å²) in [6, 6.07) is 0. The average molecular weight is 222 g/mol. The fourth-order valence-electron chi connectivity index (χ4n) is 1.82. The Labute approximate surface area is 90.7 Å². The number of H-pyrrole nitrogens is 1. The van der Waals surface area contributed by atoms with E-state index in [2.05, 4.69) is 15.0 Å². The fraction of sp³-hybridized carbons (Fsp3) is 0.300. The monoisotopic (exact) mass is 221 g/mol. The van der Waals surface area contributed by atoms with Crippen LogP contribution >= 0.6 is 11.6 Å². The summed E-state index contributed by atoms with van der Waals surface area (Å²) in [6.45, 7) is 0. The van der Waals surface area contributed by atoms with Crippen molar-refractivity contribution in [2.45, 2.75) is 18.8 Å². The summed E-state index contributed by atoms with van der Waals surface area (Å²) in [5.74, 6) is 0.473. The molecular weight excluding hydrogens is 214 g/mol. The van der Waals surface area contributed by atoms with E-state index in [4.69, 9.17) is 11.6 Å². The van der Waals surface area contributed by atoms with E-state index in [1.807, 2.05) is 0 Å². The smallest absolute Gasteiger partial charge is 0.153 e. The second-order valence-electron chi connectivity index (χ2n) is 3.73. The lowest BCUT2D eigenvalue weighted by Gasteiger charge is -1.98. The highest BCUT2D eigenvalue weighted by Crippen LogP contribution is 2.42. The van der Waals surface area contributed by atoms with Gasteiger partial charge >= 0.3 is 0 Å². The number of halogens is 1. The Kier molecular flexibility index (Phi) is 1.79. The number of aromatic amines is 1. The highest BCUT2D eigenvalue weighted by atomic mass is 35.5. The van der Waals surface area contributed by atoms with Crippen LogP contribution in [0.1, 0.15) is 34.8 Å². The van der Waals surface area contributed by atoms with Crippen LogP contribution in [0.2, 0.25) is 5.15 Å². The zero-order chi connectivity index (χ0) is 10.4. The number of fused-ring (bicyclic) bond motifs is 1. The molecule has 0 unspecified atom stereocenters. The van der Waals surface area contributed by atoms with Crippen LogP contribution in [-0.2, 0) is 0 Å². The van der Waals surface area contributed by atoms with Crippen LogP contribution in [0.3, 0.4) is 0 Å². The van der Waals surface area contributed by atoms with Gasteiger partial charge in [-0.3, -0.25) is 4.79 Å². The fourth-order valence-corrected chi connectivity index (χ4v) is 2.05. The molecule has 0 atom stereocenters. The van der Waals surface area contributed by atoms with Gasteiger partial charge in [0.05, 0.1) is 16.6 Å². The van der Waals surface area contributed by atoms with Crippen molar-refractivity contribution in [3.05, 3.63) is 22.7 Å². The molecule has 2 aromatic heterocycles. The molecule has 15 heavy (non-hydrogen) atoms. The average Bonchev–Trinajstić information content (AvgIpc) is 3.00. The molecule has 1 saturated carbocycles. The van der Waals surface area contributed by atoms with Gasteiger partial charge in [-0.15, -0.1) is 0 Å². The molecule has 1 N–H and O–H groups in total. The zero-order valence-corrected chi connectivity index (χ0v) is 8.58. The zero-order valence-electron chi connectivity index (χ0n) is 7.83. The number of carbonyl (C=O) groups is 1. The molecule has 5 heteroatoms. The molecule has 2 heterocycles. The molecule has 1 aliphatic rings. The molecule has 0 radical (unpaired) electrons. The van der Waals surface area contributed by atoms with Crippen molar-refractivity contribution in [2.24, 2.45) is 0 Å². The van der Waals surface area contributed by atoms with Gasteiger partial charge in [0.25, 0.3) is 0 Å². The van der Waals surface area contributed by atoms with Crippen LogP contribution in [0.5, 0.6) is 0 Å². The van der Waals surface area contributed by atoms with Gasteiger partial charge in [-0.25, -0.2) is 9.97 Å². The maximum absolute atomic E-state index is 10.9. The minimum absolute atomic E-state index is 0.349. The van der Waals surface area contributed by atoms with E-state index < -0.39 is 0 Å². The molecule has 0 saturated heterocycles. The number of nitrogens with one attached hydrogen (secondary N) is 1. The first-order valence-electron chi connectivity index (χ1n) is 4.78. The van der Waals surface area contributed by atoms with Crippen molar-refractivity contribution < 1.29 is 4.79 Å². The highest BCUT2D eigenvalue weighted by molar-refractivity contribution is 6.34. The molecule has 0 amide bonds. The predicted molar refractivity (Wildman–Crippen MR) is 56.3 cm³/mol. The first kappa shape index (κ1) is 8.85. The van der Waals surface area contributed by atoms with Crippen molar-refractivity contribution in [1.29, 1.82) is 0 Å². The molecule has 1 fully saturated rings. The lowest BCUT2D eigenvalue weighted by molar-refractivity contribution is 0.112. The highest BCUT2D eigenvalue weighted by Gasteiger charge is 2.29. The summed E-state index contributed by atoms with van der Waals surface area (Å²) >= 11 is 5.91. The number of carbonyl (C=O) groups excluding carboxylic acids is 1. The summed E-state index contributed by atoms with van der Waals surface area (Å²) in [6.07, 6.45) is 4.54. The Morgan fingerprint density at radius 1 is 1.47 bits per heavy atom. The normalized spacial score (nSPS) is 15.8. The largest absolute Gasteiger partial charge is 0.330 e. The molecule has 0 aromatic carbocycles. The summed E-state index contributed by atoms with van der Waals surface area (Å²) in [7, 11) is 0. The minimum Gasteiger partial charge on any atom is -0.330 e. The van der Waals surface area contributed by atoms with Gasteiger partial charge in [0.1, 0.15) is 17.1 Å². The number of aldehydes is 1. The van der Waals surface area contributed by atoms with E-state index in [1.54, 1.807) is 0 Å². The summed E-state index contributed by atoms with van der Waals surface area (Å²) in [5, 5.41) is 1.14. The topological polar surface area (TPSA) is 58.6 Å². The van der Waals surface area contributed by atoms with Gasteiger partial charge in [0.2, 0.25) is 0 Å². The lowest BCUT2D eigenvalue weighted by atomic mass is 10.1. The summed E-state index contributed by atoms with van der Waals surface area (Å²) < 4.78 is 0. The first-order chi connectivity index (χ1) is 7.31. The number of hydrogen-bond acceptors (Lipinski definition) is 3. The Balaban J connectivity index is 2.39. The van der Waals surface area contributed by atoms with E-state index in [0.717, 1.165) is 30.2 Å². The standard InChI is InChI=1S/C10H8ClN3O/c11-9-6(3-15)7-8(5-1-2-5)12-4-13-10(7)14-9/h3-5H,1-2H2,(H,12,13,14). The van der Waals surface area contributed by atoms with Gasteiger partial charge in [0.15, 0.2) is 6.29 Å². The predicted octanol–water partition coefficient (Wildman–Crippen LogP) is 2.30. The van der Waals surface area contributed by atoms with Crippen molar-refractivity contribution in [2.75, 3.05) is 0 Å². The maximum atomic E-state index is 10.9. The van der Waals surface area contributed by atoms with Gasteiger partial charge in [-0.05, 0) is 12.8 Å². The molecule has 4 nitrogen and oxygen atoms in total.